The highest BCUT2D eigenvalue weighted by Crippen LogP contribution is 2.32. The van der Waals surface area contributed by atoms with Crippen molar-refractivity contribution in [2.45, 2.75) is 45.1 Å². The minimum absolute atomic E-state index is 0.137. The van der Waals surface area contributed by atoms with Gasteiger partial charge in [-0.05, 0) is 50.7 Å². The van der Waals surface area contributed by atoms with E-state index in [0.29, 0.717) is 30.4 Å². The van der Waals surface area contributed by atoms with Crippen LogP contribution in [0.1, 0.15) is 48.9 Å². The van der Waals surface area contributed by atoms with Crippen molar-refractivity contribution in [1.82, 2.24) is 10.3 Å². The summed E-state index contributed by atoms with van der Waals surface area (Å²) in [7, 11) is 0. The molecule has 132 valence electrons. The van der Waals surface area contributed by atoms with Crippen molar-refractivity contribution < 1.29 is 19.1 Å². The lowest BCUT2D eigenvalue weighted by atomic mass is 9.77. The first-order valence-corrected chi connectivity index (χ1v) is 8.50. The van der Waals surface area contributed by atoms with E-state index in [1.165, 1.54) is 0 Å². The van der Waals surface area contributed by atoms with E-state index >= 15 is 0 Å². The van der Waals surface area contributed by atoms with Gasteiger partial charge in [-0.25, -0.2) is 9.78 Å². The van der Waals surface area contributed by atoms with E-state index in [0.717, 1.165) is 18.4 Å². The molecule has 1 heterocycles. The molecular formula is C19H22N2O4. The lowest BCUT2D eigenvalue weighted by Crippen LogP contribution is -2.56. The average Bonchev–Trinajstić information content (AvgIpc) is 3.00. The number of carbonyl (C=O) groups is 2. The molecule has 0 spiro atoms. The van der Waals surface area contributed by atoms with Gasteiger partial charge in [0.05, 0.1) is 0 Å². The van der Waals surface area contributed by atoms with Crippen molar-refractivity contribution in [3.63, 3.8) is 0 Å². The molecule has 0 saturated heterocycles. The molecule has 0 unspecified atom stereocenters. The molecule has 0 bridgehead atoms. The van der Waals surface area contributed by atoms with Crippen LogP contribution >= 0.6 is 0 Å². The van der Waals surface area contributed by atoms with Crippen LogP contribution in [0.5, 0.6) is 0 Å². The summed E-state index contributed by atoms with van der Waals surface area (Å²) >= 11 is 0. The van der Waals surface area contributed by atoms with Crippen molar-refractivity contribution in [3.8, 4) is 11.5 Å². The molecule has 0 radical (unpaired) electrons. The molecule has 3 rings (SSSR count). The SMILES string of the molecule is Cc1oc(-c2ccccc2)nc1C(=O)NC1(C(=O)O)CCC(C)CC1. The summed E-state index contributed by atoms with van der Waals surface area (Å²) in [4.78, 5) is 28.8. The number of oxazole rings is 1. The van der Waals surface area contributed by atoms with Gasteiger partial charge in [-0.3, -0.25) is 4.79 Å². The number of amides is 1. The molecule has 1 saturated carbocycles. The van der Waals surface area contributed by atoms with Crippen molar-refractivity contribution in [2.24, 2.45) is 5.92 Å². The van der Waals surface area contributed by atoms with Crippen LogP contribution in [0.15, 0.2) is 34.7 Å². The molecule has 6 heteroatoms. The minimum Gasteiger partial charge on any atom is -0.480 e. The fourth-order valence-electron chi connectivity index (χ4n) is 3.24. The largest absolute Gasteiger partial charge is 0.480 e. The van der Waals surface area contributed by atoms with E-state index in [1.54, 1.807) is 6.92 Å². The summed E-state index contributed by atoms with van der Waals surface area (Å²) in [5.74, 6) is -0.286. The van der Waals surface area contributed by atoms with Crippen molar-refractivity contribution in [3.05, 3.63) is 41.8 Å². The zero-order chi connectivity index (χ0) is 18.0. The van der Waals surface area contributed by atoms with Crippen LogP contribution in [0.3, 0.4) is 0 Å². The molecule has 1 aromatic carbocycles. The molecule has 2 aromatic rings. The quantitative estimate of drug-likeness (QED) is 0.888. The lowest BCUT2D eigenvalue weighted by Gasteiger charge is -2.36. The minimum atomic E-state index is -1.22. The van der Waals surface area contributed by atoms with Crippen LogP contribution in [-0.2, 0) is 4.79 Å². The lowest BCUT2D eigenvalue weighted by molar-refractivity contribution is -0.146. The first kappa shape index (κ1) is 17.2. The molecular weight excluding hydrogens is 320 g/mol. The Morgan fingerprint density at radius 3 is 2.48 bits per heavy atom. The fourth-order valence-corrected chi connectivity index (χ4v) is 3.24. The first-order chi connectivity index (χ1) is 11.9. The number of carbonyl (C=O) groups excluding carboxylic acids is 1. The van der Waals surface area contributed by atoms with E-state index in [4.69, 9.17) is 4.42 Å². The van der Waals surface area contributed by atoms with Gasteiger partial charge in [-0.1, -0.05) is 25.1 Å². The summed E-state index contributed by atoms with van der Waals surface area (Å²) in [5, 5.41) is 12.4. The van der Waals surface area contributed by atoms with E-state index in [9.17, 15) is 14.7 Å². The Hall–Kier alpha value is -2.63. The topological polar surface area (TPSA) is 92.4 Å². The van der Waals surface area contributed by atoms with Crippen LogP contribution in [0.4, 0.5) is 0 Å². The standard InChI is InChI=1S/C19H22N2O4/c1-12-8-10-19(11-9-12,18(23)24)21-16(22)15-13(2)25-17(20-15)14-6-4-3-5-7-14/h3-7,12H,8-11H2,1-2H3,(H,21,22)(H,23,24). The number of aliphatic carboxylic acids is 1. The van der Waals surface area contributed by atoms with Crippen molar-refractivity contribution in [2.75, 3.05) is 0 Å². The normalized spacial score (nSPS) is 23.2. The predicted octanol–water partition coefficient (Wildman–Crippen LogP) is 3.41. The number of nitrogens with zero attached hydrogens (tertiary/aromatic N) is 1. The number of benzene rings is 1. The number of aryl methyl sites for hydroxylation is 1. The third kappa shape index (κ3) is 3.43. The molecule has 1 fully saturated rings. The van der Waals surface area contributed by atoms with Gasteiger partial charge >= 0.3 is 5.97 Å². The van der Waals surface area contributed by atoms with Gasteiger partial charge in [-0.15, -0.1) is 0 Å². The van der Waals surface area contributed by atoms with Crippen LogP contribution in [0.25, 0.3) is 11.5 Å². The number of hydrogen-bond acceptors (Lipinski definition) is 4. The highest BCUT2D eigenvalue weighted by molar-refractivity contribution is 5.97. The monoisotopic (exact) mass is 342 g/mol. The third-order valence-electron chi connectivity index (χ3n) is 4.92. The maximum Gasteiger partial charge on any atom is 0.329 e. The Kier molecular flexibility index (Phi) is 4.61. The zero-order valence-electron chi connectivity index (χ0n) is 14.4. The second-order valence-electron chi connectivity index (χ2n) is 6.81. The van der Waals surface area contributed by atoms with Gasteiger partial charge in [0.15, 0.2) is 5.69 Å². The number of rotatable bonds is 4. The summed E-state index contributed by atoms with van der Waals surface area (Å²) in [6.45, 7) is 3.76. The van der Waals surface area contributed by atoms with Gasteiger partial charge in [0, 0.05) is 5.56 Å². The molecule has 2 N–H and O–H groups in total. The molecule has 1 aliphatic carbocycles. The van der Waals surface area contributed by atoms with E-state index < -0.39 is 17.4 Å². The molecule has 6 nitrogen and oxygen atoms in total. The maximum absolute atomic E-state index is 12.7. The van der Waals surface area contributed by atoms with Crippen LogP contribution in [0.2, 0.25) is 0 Å². The molecule has 25 heavy (non-hydrogen) atoms. The highest BCUT2D eigenvalue weighted by Gasteiger charge is 2.43. The van der Waals surface area contributed by atoms with E-state index in [-0.39, 0.29) is 5.69 Å². The Morgan fingerprint density at radius 2 is 1.88 bits per heavy atom. The first-order valence-electron chi connectivity index (χ1n) is 8.50. The van der Waals surface area contributed by atoms with Crippen LogP contribution < -0.4 is 5.32 Å². The van der Waals surface area contributed by atoms with Gasteiger partial charge in [0.25, 0.3) is 5.91 Å². The second-order valence-corrected chi connectivity index (χ2v) is 6.81. The summed E-state index contributed by atoms with van der Waals surface area (Å²) in [5.41, 5.74) is -0.316. The second kappa shape index (κ2) is 6.70. The summed E-state index contributed by atoms with van der Waals surface area (Å²) < 4.78 is 5.60. The van der Waals surface area contributed by atoms with Crippen molar-refractivity contribution in [1.29, 1.82) is 0 Å². The maximum atomic E-state index is 12.7. The molecule has 1 aliphatic rings. The number of nitrogens with one attached hydrogen (secondary N) is 1. The molecule has 1 amide bonds. The third-order valence-corrected chi connectivity index (χ3v) is 4.92. The average molecular weight is 342 g/mol. The van der Waals surface area contributed by atoms with E-state index in [1.807, 2.05) is 30.3 Å². The van der Waals surface area contributed by atoms with Gasteiger partial charge < -0.3 is 14.8 Å². The Morgan fingerprint density at radius 1 is 1.24 bits per heavy atom. The zero-order valence-corrected chi connectivity index (χ0v) is 14.4. The number of hydrogen-bond donors (Lipinski definition) is 2. The smallest absolute Gasteiger partial charge is 0.329 e. The number of carboxylic acid groups (broad SMARTS) is 1. The molecule has 0 atom stereocenters. The Balaban J connectivity index is 1.83. The van der Waals surface area contributed by atoms with Gasteiger partial charge in [0.2, 0.25) is 5.89 Å². The van der Waals surface area contributed by atoms with Gasteiger partial charge in [0.1, 0.15) is 11.3 Å². The van der Waals surface area contributed by atoms with Crippen LogP contribution in [0, 0.1) is 12.8 Å². The highest BCUT2D eigenvalue weighted by atomic mass is 16.4. The predicted molar refractivity (Wildman–Crippen MR) is 92.1 cm³/mol. The Labute approximate surface area is 146 Å². The number of carboxylic acids is 1. The van der Waals surface area contributed by atoms with Crippen molar-refractivity contribution >= 4 is 11.9 Å². The summed E-state index contributed by atoms with van der Waals surface area (Å²) in [6.07, 6.45) is 2.41. The van der Waals surface area contributed by atoms with Gasteiger partial charge in [-0.2, -0.15) is 0 Å². The summed E-state index contributed by atoms with van der Waals surface area (Å²) in [6, 6.07) is 9.28. The van der Waals surface area contributed by atoms with E-state index in [2.05, 4.69) is 17.2 Å². The Bertz CT molecular complexity index is 774. The van der Waals surface area contributed by atoms with Crippen LogP contribution in [-0.4, -0.2) is 27.5 Å². The number of aromatic nitrogens is 1. The fraction of sp³-hybridized carbons (Fsp3) is 0.421. The molecule has 1 aromatic heterocycles. The molecule has 0 aliphatic heterocycles.